The maximum Gasteiger partial charge on any atom is 0.405 e. The number of rotatable bonds is 5. The molecule has 2 aromatic carbocycles. The highest BCUT2D eigenvalue weighted by Gasteiger charge is 2.30. The number of carbonyl (C=O) groups is 2. The molecule has 1 aliphatic carbocycles. The van der Waals surface area contributed by atoms with Gasteiger partial charge >= 0.3 is 6.18 Å². The summed E-state index contributed by atoms with van der Waals surface area (Å²) in [5, 5.41) is 6.20. The van der Waals surface area contributed by atoms with Gasteiger partial charge in [0, 0.05) is 28.8 Å². The first kappa shape index (κ1) is 21.6. The number of nitrogens with zero attached hydrogens (tertiary/aromatic N) is 1. The third kappa shape index (κ3) is 4.82. The number of carbonyl (C=O) groups excluding carboxylic acids is 2. The topological polar surface area (TPSA) is 97.1 Å². The molecule has 4 N–H and O–H groups in total. The van der Waals surface area contributed by atoms with Crippen molar-refractivity contribution in [1.82, 2.24) is 10.3 Å². The lowest BCUT2D eigenvalue weighted by Gasteiger charge is -2.13. The molecular formula is C23H21F3N4O2. The predicted octanol–water partition coefficient (Wildman–Crippen LogP) is 4.43. The first-order valence-electron chi connectivity index (χ1n) is 10.1. The van der Waals surface area contributed by atoms with Gasteiger partial charge in [0.05, 0.1) is 0 Å². The van der Waals surface area contributed by atoms with E-state index in [-0.39, 0.29) is 17.4 Å². The van der Waals surface area contributed by atoms with Crippen LogP contribution in [0.3, 0.4) is 0 Å². The number of alkyl halides is 3. The van der Waals surface area contributed by atoms with Gasteiger partial charge < -0.3 is 16.4 Å². The minimum atomic E-state index is -4.47. The number of hydrogen-bond acceptors (Lipinski definition) is 4. The summed E-state index contributed by atoms with van der Waals surface area (Å²) in [6.07, 6.45) is -1.09. The lowest BCUT2D eigenvalue weighted by atomic mass is 9.95. The van der Waals surface area contributed by atoms with Crippen molar-refractivity contribution >= 4 is 34.1 Å². The molecule has 9 heteroatoms. The summed E-state index contributed by atoms with van der Waals surface area (Å²) in [5.74, 6) is -0.342. The molecule has 1 heterocycles. The summed E-state index contributed by atoms with van der Waals surface area (Å²) >= 11 is 0. The van der Waals surface area contributed by atoms with Gasteiger partial charge in [-0.15, -0.1) is 0 Å². The first-order valence-corrected chi connectivity index (χ1v) is 10.1. The Kier molecular flexibility index (Phi) is 5.50. The van der Waals surface area contributed by atoms with E-state index in [1.165, 1.54) is 12.1 Å². The number of amides is 2. The zero-order valence-electron chi connectivity index (χ0n) is 17.2. The largest absolute Gasteiger partial charge is 0.405 e. The van der Waals surface area contributed by atoms with Gasteiger partial charge in [-0.1, -0.05) is 6.07 Å². The second-order valence-electron chi connectivity index (χ2n) is 7.95. The number of benzene rings is 2. The van der Waals surface area contributed by atoms with Gasteiger partial charge in [-0.2, -0.15) is 13.2 Å². The fourth-order valence-corrected chi connectivity index (χ4v) is 3.50. The summed E-state index contributed by atoms with van der Waals surface area (Å²) in [7, 11) is 0. The number of fused-ring (bicyclic) bond motifs is 1. The van der Waals surface area contributed by atoms with Crippen LogP contribution in [0.5, 0.6) is 0 Å². The van der Waals surface area contributed by atoms with Crippen molar-refractivity contribution < 1.29 is 22.8 Å². The predicted molar refractivity (Wildman–Crippen MR) is 116 cm³/mol. The molecule has 1 aromatic heterocycles. The van der Waals surface area contributed by atoms with Crippen LogP contribution < -0.4 is 16.4 Å². The van der Waals surface area contributed by atoms with Crippen molar-refractivity contribution in [3.05, 3.63) is 53.7 Å². The van der Waals surface area contributed by atoms with Crippen molar-refractivity contribution in [2.24, 2.45) is 5.92 Å². The van der Waals surface area contributed by atoms with Crippen LogP contribution >= 0.6 is 0 Å². The van der Waals surface area contributed by atoms with E-state index in [1.54, 1.807) is 31.3 Å². The Labute approximate surface area is 182 Å². The Morgan fingerprint density at radius 2 is 1.91 bits per heavy atom. The van der Waals surface area contributed by atoms with E-state index >= 15 is 0 Å². The number of aryl methyl sites for hydroxylation is 1. The van der Waals surface area contributed by atoms with E-state index < -0.39 is 18.6 Å². The van der Waals surface area contributed by atoms with Crippen LogP contribution in [0.4, 0.5) is 24.7 Å². The molecule has 1 fully saturated rings. The second kappa shape index (κ2) is 8.14. The molecule has 4 rings (SSSR count). The number of nitrogen functional groups attached to an aromatic ring is 1. The third-order valence-corrected chi connectivity index (χ3v) is 5.32. The van der Waals surface area contributed by atoms with Crippen LogP contribution in [0.2, 0.25) is 0 Å². The minimum absolute atomic E-state index is 0.0452. The number of anilines is 2. The van der Waals surface area contributed by atoms with Gasteiger partial charge in [-0.3, -0.25) is 9.59 Å². The van der Waals surface area contributed by atoms with E-state index in [9.17, 15) is 22.8 Å². The molecule has 1 saturated carbocycles. The Morgan fingerprint density at radius 1 is 1.16 bits per heavy atom. The molecule has 3 aromatic rings. The average molecular weight is 442 g/mol. The summed E-state index contributed by atoms with van der Waals surface area (Å²) in [6, 6.07) is 10.1. The molecule has 0 saturated heterocycles. The number of nitrogens with one attached hydrogen (secondary N) is 2. The highest BCUT2D eigenvalue weighted by Crippen LogP contribution is 2.33. The normalized spacial score (nSPS) is 13.8. The fourth-order valence-electron chi connectivity index (χ4n) is 3.50. The second-order valence-corrected chi connectivity index (χ2v) is 7.95. The van der Waals surface area contributed by atoms with Crippen LogP contribution in [-0.2, 0) is 4.79 Å². The third-order valence-electron chi connectivity index (χ3n) is 5.32. The van der Waals surface area contributed by atoms with Gasteiger partial charge in [-0.05, 0) is 72.2 Å². The van der Waals surface area contributed by atoms with Crippen molar-refractivity contribution in [3.63, 3.8) is 0 Å². The van der Waals surface area contributed by atoms with Crippen LogP contribution in [0.1, 0.15) is 28.8 Å². The van der Waals surface area contributed by atoms with E-state index in [0.717, 1.165) is 34.7 Å². The van der Waals surface area contributed by atoms with Crippen molar-refractivity contribution in [1.29, 1.82) is 0 Å². The number of nitrogens with two attached hydrogens (primary N) is 1. The molecule has 166 valence electrons. The van der Waals surface area contributed by atoms with Crippen molar-refractivity contribution in [2.45, 2.75) is 25.9 Å². The summed E-state index contributed by atoms with van der Waals surface area (Å²) < 4.78 is 37.0. The van der Waals surface area contributed by atoms with E-state index in [2.05, 4.69) is 10.3 Å². The quantitative estimate of drug-likeness (QED) is 0.509. The van der Waals surface area contributed by atoms with Gasteiger partial charge in [0.15, 0.2) is 0 Å². The maximum atomic E-state index is 12.3. The monoisotopic (exact) mass is 442 g/mol. The van der Waals surface area contributed by atoms with Crippen molar-refractivity contribution in [2.75, 3.05) is 17.6 Å². The number of halogens is 3. The number of pyridine rings is 1. The van der Waals surface area contributed by atoms with Crippen LogP contribution in [-0.4, -0.2) is 29.5 Å². The molecule has 0 radical (unpaired) electrons. The van der Waals surface area contributed by atoms with Gasteiger partial charge in [0.25, 0.3) is 5.91 Å². The SMILES string of the molecule is Cc1cc(C(=O)NCC(F)(F)F)ccc1-c1cc(N)c2cnc(NC(=O)C3CC3)cc2c1. The van der Waals surface area contributed by atoms with Crippen molar-refractivity contribution in [3.8, 4) is 11.1 Å². The Bertz CT molecular complexity index is 1220. The van der Waals surface area contributed by atoms with Gasteiger partial charge in [0.1, 0.15) is 12.4 Å². The molecule has 0 aliphatic heterocycles. The zero-order chi connectivity index (χ0) is 23.0. The molecule has 1 aliphatic rings. The van der Waals surface area contributed by atoms with Crippen LogP contribution in [0.15, 0.2) is 42.6 Å². The highest BCUT2D eigenvalue weighted by atomic mass is 19.4. The summed E-state index contributed by atoms with van der Waals surface area (Å²) in [5.41, 5.74) is 9.12. The van der Waals surface area contributed by atoms with E-state index in [4.69, 9.17) is 5.73 Å². The minimum Gasteiger partial charge on any atom is -0.398 e. The lowest BCUT2D eigenvalue weighted by Crippen LogP contribution is -2.33. The van der Waals surface area contributed by atoms with E-state index in [0.29, 0.717) is 17.1 Å². The summed E-state index contributed by atoms with van der Waals surface area (Å²) in [4.78, 5) is 28.3. The number of aromatic nitrogens is 1. The molecule has 0 spiro atoms. The molecule has 6 nitrogen and oxygen atoms in total. The van der Waals surface area contributed by atoms with Crippen LogP contribution in [0.25, 0.3) is 21.9 Å². The molecule has 2 amide bonds. The Hall–Kier alpha value is -3.62. The average Bonchev–Trinajstić information content (AvgIpc) is 3.56. The van der Waals surface area contributed by atoms with Crippen LogP contribution in [0, 0.1) is 12.8 Å². The van der Waals surface area contributed by atoms with Gasteiger partial charge in [-0.25, -0.2) is 4.98 Å². The molecule has 0 atom stereocenters. The maximum absolute atomic E-state index is 12.3. The first-order chi connectivity index (χ1) is 15.1. The molecule has 32 heavy (non-hydrogen) atoms. The molecule has 0 bridgehead atoms. The smallest absolute Gasteiger partial charge is 0.398 e. The number of hydrogen-bond donors (Lipinski definition) is 3. The zero-order valence-corrected chi connectivity index (χ0v) is 17.2. The standard InChI is InChI=1S/C23H21F3N4O2/c1-12-6-14(21(31)29-11-23(24,25)26)4-5-17(12)15-7-16-9-20(30-22(32)13-2-3-13)28-10-18(16)19(27)8-15/h4-10,13H,2-3,11,27H2,1H3,(H,29,31)(H,28,30,32). The lowest BCUT2D eigenvalue weighted by molar-refractivity contribution is -0.123. The fraction of sp³-hybridized carbons (Fsp3) is 0.261. The molecular weight excluding hydrogens is 421 g/mol. The Balaban J connectivity index is 1.61. The molecule has 0 unspecified atom stereocenters. The van der Waals surface area contributed by atoms with Gasteiger partial charge in [0.2, 0.25) is 5.91 Å². The highest BCUT2D eigenvalue weighted by molar-refractivity contribution is 6.00. The van der Waals surface area contributed by atoms with E-state index in [1.807, 2.05) is 11.4 Å². The Morgan fingerprint density at radius 3 is 2.56 bits per heavy atom. The summed E-state index contributed by atoms with van der Waals surface area (Å²) in [6.45, 7) is 0.381.